The minimum absolute atomic E-state index is 0.283. The van der Waals surface area contributed by atoms with Gasteiger partial charge in [-0.1, -0.05) is 11.6 Å². The van der Waals surface area contributed by atoms with Gasteiger partial charge in [0.1, 0.15) is 5.82 Å². The van der Waals surface area contributed by atoms with E-state index < -0.39 is 0 Å². The van der Waals surface area contributed by atoms with Crippen LogP contribution >= 0.6 is 24.2 Å². The average Bonchev–Trinajstić information content (AvgIpc) is 2.95. The molecule has 0 amide bonds. The van der Waals surface area contributed by atoms with Gasteiger partial charge < -0.3 is 10.6 Å². The molecule has 0 aromatic heterocycles. The van der Waals surface area contributed by atoms with Crippen molar-refractivity contribution in [1.29, 1.82) is 0 Å². The predicted octanol–water partition coefficient (Wildman–Crippen LogP) is 3.64. The summed E-state index contributed by atoms with van der Waals surface area (Å²) < 4.78 is 13.5. The molecule has 3 rings (SSSR count). The topological polar surface area (TPSA) is 27.3 Å². The van der Waals surface area contributed by atoms with E-state index in [1.54, 1.807) is 6.07 Å². The van der Waals surface area contributed by atoms with Gasteiger partial charge in [-0.2, -0.15) is 0 Å². The molecule has 0 bridgehead atoms. The maximum absolute atomic E-state index is 13.5. The molecule has 0 aliphatic carbocycles. The van der Waals surface area contributed by atoms with Crippen LogP contribution in [0.15, 0.2) is 17.0 Å². The fourth-order valence-corrected chi connectivity index (χ4v) is 4.27. The van der Waals surface area contributed by atoms with E-state index in [0.29, 0.717) is 10.7 Å². The zero-order chi connectivity index (χ0) is 16.2. The Kier molecular flexibility index (Phi) is 6.07. The Bertz CT molecular complexity index is 543. The number of thiol groups is 1. The maximum Gasteiger partial charge on any atom is 0.138 e. The van der Waals surface area contributed by atoms with Crippen molar-refractivity contribution >= 4 is 29.9 Å². The number of anilines is 1. The van der Waals surface area contributed by atoms with Crippen molar-refractivity contribution in [1.82, 2.24) is 10.2 Å². The third kappa shape index (κ3) is 4.32. The number of halogens is 2. The quantitative estimate of drug-likeness (QED) is 0.536. The van der Waals surface area contributed by atoms with Gasteiger partial charge in [-0.15, -0.1) is 12.6 Å². The van der Waals surface area contributed by atoms with Crippen molar-refractivity contribution < 1.29 is 4.39 Å². The minimum Gasteiger partial charge on any atom is -0.384 e. The number of rotatable bonds is 6. The lowest BCUT2D eigenvalue weighted by molar-refractivity contribution is 0.192. The van der Waals surface area contributed by atoms with Gasteiger partial charge in [0.15, 0.2) is 0 Å². The van der Waals surface area contributed by atoms with Crippen LogP contribution in [0.4, 0.5) is 10.1 Å². The van der Waals surface area contributed by atoms with Gasteiger partial charge in [0.05, 0.1) is 10.7 Å². The second-order valence-electron chi connectivity index (χ2n) is 6.56. The standard InChI is InChI=1S/C17H25ClFN3S/c18-13-9-17(23)14(19)10-15(13)21-5-1-2-7-22-8-4-12-3-6-20-11-16(12)22/h9-10,12,16,20-21,23H,1-8,11H2/t12-,16-/m0/s1. The third-order valence-electron chi connectivity index (χ3n) is 5.07. The maximum atomic E-state index is 13.5. The summed E-state index contributed by atoms with van der Waals surface area (Å²) in [4.78, 5) is 2.92. The average molecular weight is 358 g/mol. The molecule has 6 heteroatoms. The van der Waals surface area contributed by atoms with Crippen LogP contribution in [0, 0.1) is 11.7 Å². The van der Waals surface area contributed by atoms with Crippen LogP contribution in [-0.4, -0.2) is 43.7 Å². The number of hydrogen-bond acceptors (Lipinski definition) is 4. The number of hydrogen-bond donors (Lipinski definition) is 3. The molecule has 1 aromatic rings. The van der Waals surface area contributed by atoms with Gasteiger partial charge in [0.25, 0.3) is 0 Å². The number of nitrogens with zero attached hydrogens (tertiary/aromatic N) is 1. The molecule has 23 heavy (non-hydrogen) atoms. The molecule has 128 valence electrons. The van der Waals surface area contributed by atoms with Crippen molar-refractivity contribution in [3.8, 4) is 0 Å². The summed E-state index contributed by atoms with van der Waals surface area (Å²) in [6.45, 7) is 5.54. The van der Waals surface area contributed by atoms with Gasteiger partial charge in [0, 0.05) is 24.0 Å². The number of benzene rings is 1. The summed E-state index contributed by atoms with van der Waals surface area (Å²) in [5.74, 6) is 0.559. The third-order valence-corrected chi connectivity index (χ3v) is 5.73. The number of unbranched alkanes of at least 4 members (excludes halogenated alkanes) is 1. The fraction of sp³-hybridized carbons (Fsp3) is 0.647. The smallest absolute Gasteiger partial charge is 0.138 e. The molecule has 0 saturated carbocycles. The molecule has 2 aliphatic rings. The van der Waals surface area contributed by atoms with E-state index in [-0.39, 0.29) is 10.7 Å². The lowest BCUT2D eigenvalue weighted by Gasteiger charge is -2.32. The van der Waals surface area contributed by atoms with Crippen molar-refractivity contribution in [2.75, 3.05) is 38.0 Å². The van der Waals surface area contributed by atoms with Crippen molar-refractivity contribution in [2.45, 2.75) is 36.6 Å². The molecule has 0 radical (unpaired) electrons. The second kappa shape index (κ2) is 8.06. The van der Waals surface area contributed by atoms with Crippen LogP contribution in [0.5, 0.6) is 0 Å². The summed E-state index contributed by atoms with van der Waals surface area (Å²) >= 11 is 10.1. The molecule has 0 spiro atoms. The molecule has 2 heterocycles. The molecule has 2 N–H and O–H groups in total. The van der Waals surface area contributed by atoms with E-state index in [1.807, 2.05) is 0 Å². The van der Waals surface area contributed by atoms with Crippen LogP contribution in [0.1, 0.15) is 25.7 Å². The highest BCUT2D eigenvalue weighted by Crippen LogP contribution is 2.29. The summed E-state index contributed by atoms with van der Waals surface area (Å²) in [6.07, 6.45) is 4.90. The lowest BCUT2D eigenvalue weighted by atomic mass is 9.93. The van der Waals surface area contributed by atoms with E-state index in [9.17, 15) is 4.39 Å². The number of likely N-dealkylation sites (tertiary alicyclic amines) is 1. The van der Waals surface area contributed by atoms with Gasteiger partial charge in [-0.25, -0.2) is 4.39 Å². The minimum atomic E-state index is -0.340. The first kappa shape index (κ1) is 17.3. The van der Waals surface area contributed by atoms with E-state index in [1.165, 1.54) is 32.0 Å². The lowest BCUT2D eigenvalue weighted by Crippen LogP contribution is -2.46. The Balaban J connectivity index is 1.38. The molecular formula is C17H25ClFN3S. The highest BCUT2D eigenvalue weighted by Gasteiger charge is 2.34. The van der Waals surface area contributed by atoms with E-state index >= 15 is 0 Å². The van der Waals surface area contributed by atoms with Gasteiger partial charge in [-0.3, -0.25) is 4.90 Å². The van der Waals surface area contributed by atoms with Crippen LogP contribution in [-0.2, 0) is 0 Å². The molecule has 2 atom stereocenters. The first-order valence-electron chi connectivity index (χ1n) is 8.52. The number of fused-ring (bicyclic) bond motifs is 1. The highest BCUT2D eigenvalue weighted by molar-refractivity contribution is 7.80. The number of nitrogens with one attached hydrogen (secondary N) is 2. The largest absolute Gasteiger partial charge is 0.384 e. The molecule has 3 nitrogen and oxygen atoms in total. The first-order chi connectivity index (χ1) is 11.1. The van der Waals surface area contributed by atoms with Gasteiger partial charge in [0.2, 0.25) is 0 Å². The van der Waals surface area contributed by atoms with E-state index in [4.69, 9.17) is 11.6 Å². The van der Waals surface area contributed by atoms with E-state index in [2.05, 4.69) is 28.2 Å². The molecule has 0 unspecified atom stereocenters. The Morgan fingerprint density at radius 3 is 3.09 bits per heavy atom. The van der Waals surface area contributed by atoms with Crippen LogP contribution < -0.4 is 10.6 Å². The molecule has 2 saturated heterocycles. The molecule has 2 fully saturated rings. The van der Waals surface area contributed by atoms with Crippen molar-refractivity contribution in [3.05, 3.63) is 23.0 Å². The zero-order valence-corrected chi connectivity index (χ0v) is 15.0. The summed E-state index contributed by atoms with van der Waals surface area (Å²) in [6, 6.07) is 3.70. The van der Waals surface area contributed by atoms with Gasteiger partial charge >= 0.3 is 0 Å². The fourth-order valence-electron chi connectivity index (χ4n) is 3.77. The normalized spacial score (nSPS) is 24.7. The van der Waals surface area contributed by atoms with E-state index in [0.717, 1.165) is 44.4 Å². The molecule has 1 aromatic carbocycles. The monoisotopic (exact) mass is 357 g/mol. The second-order valence-corrected chi connectivity index (χ2v) is 7.45. The van der Waals surface area contributed by atoms with Crippen LogP contribution in [0.2, 0.25) is 5.02 Å². The highest BCUT2D eigenvalue weighted by atomic mass is 35.5. The molecular weight excluding hydrogens is 333 g/mol. The van der Waals surface area contributed by atoms with Crippen molar-refractivity contribution in [3.63, 3.8) is 0 Å². The van der Waals surface area contributed by atoms with Crippen LogP contribution in [0.3, 0.4) is 0 Å². The summed E-state index contributed by atoms with van der Waals surface area (Å²) in [5.41, 5.74) is 0.652. The predicted molar refractivity (Wildman–Crippen MR) is 97.3 cm³/mol. The SMILES string of the molecule is Fc1cc(NCCCCN2CC[C@@H]3CCNC[C@@H]32)c(Cl)cc1S. The first-order valence-corrected chi connectivity index (χ1v) is 9.34. The van der Waals surface area contributed by atoms with Crippen molar-refractivity contribution in [2.24, 2.45) is 5.92 Å². The molecule has 2 aliphatic heterocycles. The Hall–Kier alpha value is -0.490. The summed E-state index contributed by atoms with van der Waals surface area (Å²) in [7, 11) is 0. The Labute approximate surface area is 148 Å². The number of piperidine rings is 1. The zero-order valence-electron chi connectivity index (χ0n) is 13.3. The Morgan fingerprint density at radius 2 is 2.22 bits per heavy atom. The van der Waals surface area contributed by atoms with Gasteiger partial charge in [-0.05, 0) is 63.4 Å². The van der Waals surface area contributed by atoms with Crippen LogP contribution in [0.25, 0.3) is 0 Å². The summed E-state index contributed by atoms with van der Waals surface area (Å²) in [5, 5.41) is 7.26. The Morgan fingerprint density at radius 1 is 1.35 bits per heavy atom.